The van der Waals surface area contributed by atoms with Crippen molar-refractivity contribution < 1.29 is 9.18 Å². The van der Waals surface area contributed by atoms with Gasteiger partial charge in [-0.2, -0.15) is 0 Å². The van der Waals surface area contributed by atoms with E-state index in [4.69, 9.17) is 0 Å². The van der Waals surface area contributed by atoms with E-state index in [9.17, 15) is 9.18 Å². The van der Waals surface area contributed by atoms with Gasteiger partial charge in [0.2, 0.25) is 5.91 Å². The lowest BCUT2D eigenvalue weighted by molar-refractivity contribution is -0.117. The van der Waals surface area contributed by atoms with Crippen LogP contribution in [0.4, 0.5) is 15.9 Å². The Morgan fingerprint density at radius 2 is 2.00 bits per heavy atom. The van der Waals surface area contributed by atoms with Gasteiger partial charge in [0.25, 0.3) is 0 Å². The van der Waals surface area contributed by atoms with E-state index in [0.717, 1.165) is 56.0 Å². The number of nitrogens with zero attached hydrogens (tertiary/aromatic N) is 3. The molecule has 0 spiro atoms. The van der Waals surface area contributed by atoms with Crippen molar-refractivity contribution in [2.75, 3.05) is 43.4 Å². The number of anilines is 2. The van der Waals surface area contributed by atoms with Crippen LogP contribution in [-0.4, -0.2) is 49.0 Å². The highest BCUT2D eigenvalue weighted by atomic mass is 19.1. The Bertz CT molecular complexity index is 800. The van der Waals surface area contributed by atoms with Crippen LogP contribution in [0.2, 0.25) is 0 Å². The highest BCUT2D eigenvalue weighted by molar-refractivity contribution is 5.96. The average molecular weight is 354 g/mol. The van der Waals surface area contributed by atoms with Gasteiger partial charge >= 0.3 is 0 Å². The van der Waals surface area contributed by atoms with Gasteiger partial charge in [-0.25, -0.2) is 9.37 Å². The van der Waals surface area contributed by atoms with E-state index in [0.29, 0.717) is 5.69 Å². The second-order valence-corrected chi connectivity index (χ2v) is 7.12. The number of fused-ring (bicyclic) bond motifs is 1. The summed E-state index contributed by atoms with van der Waals surface area (Å²) in [6.45, 7) is 3.99. The highest BCUT2D eigenvalue weighted by Gasteiger charge is 2.29. The summed E-state index contributed by atoms with van der Waals surface area (Å²) in [4.78, 5) is 21.7. The van der Waals surface area contributed by atoms with Crippen LogP contribution >= 0.6 is 0 Å². The summed E-state index contributed by atoms with van der Waals surface area (Å²) in [6, 6.07) is 8.56. The first-order valence-corrected chi connectivity index (χ1v) is 9.09. The lowest BCUT2D eigenvalue weighted by Crippen LogP contribution is -2.44. The van der Waals surface area contributed by atoms with Crippen molar-refractivity contribution in [3.8, 4) is 0 Å². The number of piperazine rings is 1. The molecule has 5 nitrogen and oxygen atoms in total. The molecule has 4 rings (SSSR count). The molecule has 1 aromatic heterocycles. The van der Waals surface area contributed by atoms with E-state index in [1.54, 1.807) is 12.3 Å². The molecular weight excluding hydrogens is 331 g/mol. The third-order valence-corrected chi connectivity index (χ3v) is 5.34. The summed E-state index contributed by atoms with van der Waals surface area (Å²) < 4.78 is 13.3. The molecule has 1 aliphatic heterocycles. The fraction of sp³-hybridized carbons (Fsp3) is 0.400. The predicted octanol–water partition coefficient (Wildman–Crippen LogP) is 2.64. The number of aromatic nitrogens is 1. The number of benzene rings is 1. The number of pyridine rings is 1. The van der Waals surface area contributed by atoms with Gasteiger partial charge in [-0.1, -0.05) is 6.07 Å². The molecule has 1 aromatic carbocycles. The second kappa shape index (κ2) is 7.03. The molecule has 26 heavy (non-hydrogen) atoms. The molecule has 1 amide bonds. The number of carbonyl (C=O) groups is 1. The fourth-order valence-corrected chi connectivity index (χ4v) is 3.77. The molecule has 0 saturated carbocycles. The molecule has 2 aliphatic rings. The van der Waals surface area contributed by atoms with Gasteiger partial charge in [0.1, 0.15) is 11.6 Å². The summed E-state index contributed by atoms with van der Waals surface area (Å²) in [5.74, 6) is 0.429. The normalized spacial score (nSPS) is 20.1. The first-order valence-electron chi connectivity index (χ1n) is 9.09. The molecule has 0 radical (unpaired) electrons. The Hall–Kier alpha value is -2.47. The first-order chi connectivity index (χ1) is 12.6. The number of rotatable bonds is 3. The molecule has 1 fully saturated rings. The molecule has 1 unspecified atom stereocenters. The van der Waals surface area contributed by atoms with E-state index in [1.165, 1.54) is 12.1 Å². The fourth-order valence-electron chi connectivity index (χ4n) is 3.77. The lowest BCUT2D eigenvalue weighted by atomic mass is 10.0. The SMILES string of the molecule is CN1CCN(c2ccc(NC(=O)C3CCc4cc(F)ccc43)cn2)CC1. The quantitative estimate of drug-likeness (QED) is 0.921. The second-order valence-electron chi connectivity index (χ2n) is 7.12. The van der Waals surface area contributed by atoms with Crippen molar-refractivity contribution in [2.45, 2.75) is 18.8 Å². The number of likely N-dealkylation sites (N-methyl/N-ethyl adjacent to an activating group) is 1. The predicted molar refractivity (Wildman–Crippen MR) is 100 cm³/mol. The van der Waals surface area contributed by atoms with E-state index in [2.05, 4.69) is 27.1 Å². The number of nitrogens with one attached hydrogen (secondary N) is 1. The van der Waals surface area contributed by atoms with Crippen LogP contribution in [0.3, 0.4) is 0 Å². The summed E-state index contributed by atoms with van der Waals surface area (Å²) in [7, 11) is 2.12. The zero-order chi connectivity index (χ0) is 18.1. The van der Waals surface area contributed by atoms with Crippen LogP contribution < -0.4 is 10.2 Å². The molecule has 0 bridgehead atoms. The standard InChI is InChI=1S/C20H23FN4O/c1-24-8-10-25(11-9-24)19-7-4-16(13-22-19)23-20(26)18-5-2-14-12-15(21)3-6-17(14)18/h3-4,6-7,12-13,18H,2,5,8-11H2,1H3,(H,23,26). The molecule has 1 N–H and O–H groups in total. The summed E-state index contributed by atoms with van der Waals surface area (Å²) >= 11 is 0. The maximum Gasteiger partial charge on any atom is 0.231 e. The van der Waals surface area contributed by atoms with Gasteiger partial charge in [0, 0.05) is 26.2 Å². The van der Waals surface area contributed by atoms with Gasteiger partial charge in [-0.3, -0.25) is 4.79 Å². The minimum Gasteiger partial charge on any atom is -0.354 e. The van der Waals surface area contributed by atoms with Crippen molar-refractivity contribution >= 4 is 17.4 Å². The van der Waals surface area contributed by atoms with Gasteiger partial charge in [0.05, 0.1) is 17.8 Å². The van der Waals surface area contributed by atoms with Gasteiger partial charge in [-0.05, 0) is 55.3 Å². The van der Waals surface area contributed by atoms with E-state index in [-0.39, 0.29) is 17.6 Å². The number of hydrogen-bond donors (Lipinski definition) is 1. The highest BCUT2D eigenvalue weighted by Crippen LogP contribution is 2.34. The van der Waals surface area contributed by atoms with Crippen LogP contribution in [0, 0.1) is 5.82 Å². The first kappa shape index (κ1) is 17.0. The Labute approximate surface area is 152 Å². The largest absolute Gasteiger partial charge is 0.354 e. The smallest absolute Gasteiger partial charge is 0.231 e. The van der Waals surface area contributed by atoms with Gasteiger partial charge in [-0.15, -0.1) is 0 Å². The molecular formula is C20H23FN4O. The van der Waals surface area contributed by atoms with Crippen LogP contribution in [0.5, 0.6) is 0 Å². The molecule has 6 heteroatoms. The van der Waals surface area contributed by atoms with E-state index >= 15 is 0 Å². The maximum absolute atomic E-state index is 13.3. The van der Waals surface area contributed by atoms with Crippen molar-refractivity contribution in [1.82, 2.24) is 9.88 Å². The van der Waals surface area contributed by atoms with Gasteiger partial charge < -0.3 is 15.1 Å². The number of halogens is 1. The molecule has 2 aromatic rings. The minimum absolute atomic E-state index is 0.0514. The summed E-state index contributed by atoms with van der Waals surface area (Å²) in [6.07, 6.45) is 3.18. The van der Waals surface area contributed by atoms with Crippen molar-refractivity contribution in [2.24, 2.45) is 0 Å². The number of aryl methyl sites for hydroxylation is 1. The molecule has 1 aliphatic carbocycles. The minimum atomic E-state index is -0.242. The zero-order valence-electron chi connectivity index (χ0n) is 14.9. The van der Waals surface area contributed by atoms with Crippen molar-refractivity contribution in [1.29, 1.82) is 0 Å². The third-order valence-electron chi connectivity index (χ3n) is 5.34. The number of amides is 1. The third kappa shape index (κ3) is 3.42. The molecule has 2 heterocycles. The monoisotopic (exact) mass is 354 g/mol. The molecule has 1 saturated heterocycles. The lowest BCUT2D eigenvalue weighted by Gasteiger charge is -2.33. The van der Waals surface area contributed by atoms with Crippen LogP contribution in [0.25, 0.3) is 0 Å². The van der Waals surface area contributed by atoms with E-state index < -0.39 is 0 Å². The molecule has 1 atom stereocenters. The van der Waals surface area contributed by atoms with Crippen molar-refractivity contribution in [3.63, 3.8) is 0 Å². The Kier molecular flexibility index (Phi) is 4.59. The van der Waals surface area contributed by atoms with Crippen LogP contribution in [0.1, 0.15) is 23.5 Å². The topological polar surface area (TPSA) is 48.5 Å². The van der Waals surface area contributed by atoms with E-state index in [1.807, 2.05) is 12.1 Å². The van der Waals surface area contributed by atoms with Gasteiger partial charge in [0.15, 0.2) is 0 Å². The Morgan fingerprint density at radius 3 is 2.73 bits per heavy atom. The summed E-state index contributed by atoms with van der Waals surface area (Å²) in [5, 5.41) is 2.95. The molecule has 136 valence electrons. The maximum atomic E-state index is 13.3. The zero-order valence-corrected chi connectivity index (χ0v) is 14.9. The van der Waals surface area contributed by atoms with Crippen LogP contribution in [-0.2, 0) is 11.2 Å². The van der Waals surface area contributed by atoms with Crippen molar-refractivity contribution in [3.05, 3.63) is 53.5 Å². The number of carbonyl (C=O) groups excluding carboxylic acids is 1. The number of hydrogen-bond acceptors (Lipinski definition) is 4. The average Bonchev–Trinajstić information content (AvgIpc) is 3.06. The Balaban J connectivity index is 1.41. The van der Waals surface area contributed by atoms with Crippen LogP contribution in [0.15, 0.2) is 36.5 Å². The summed E-state index contributed by atoms with van der Waals surface area (Å²) in [5.41, 5.74) is 2.57. The Morgan fingerprint density at radius 1 is 1.19 bits per heavy atom.